The molecule has 0 bridgehead atoms. The highest BCUT2D eigenvalue weighted by Crippen LogP contribution is 2.25. The summed E-state index contributed by atoms with van der Waals surface area (Å²) in [4.78, 5) is 0. The number of phenolic OH excluding ortho intramolecular Hbond substituents is 1. The van der Waals surface area contributed by atoms with Crippen LogP contribution in [0, 0.1) is 5.82 Å². The fourth-order valence-electron chi connectivity index (χ4n) is 1.64. The molecule has 5 nitrogen and oxygen atoms in total. The van der Waals surface area contributed by atoms with Crippen LogP contribution in [0.15, 0.2) is 52.7 Å². The van der Waals surface area contributed by atoms with Crippen LogP contribution in [0.2, 0.25) is 0 Å². The molecular formula is C14H13FN4O. The van der Waals surface area contributed by atoms with Gasteiger partial charge in [0.15, 0.2) is 0 Å². The van der Waals surface area contributed by atoms with Gasteiger partial charge in [-0.3, -0.25) is 0 Å². The van der Waals surface area contributed by atoms with Crippen LogP contribution >= 0.6 is 0 Å². The predicted octanol–water partition coefficient (Wildman–Crippen LogP) is 1.81. The van der Waals surface area contributed by atoms with Gasteiger partial charge in [-0.2, -0.15) is 5.10 Å². The first-order chi connectivity index (χ1) is 9.56. The van der Waals surface area contributed by atoms with Crippen molar-refractivity contribution >= 4 is 12.2 Å². The van der Waals surface area contributed by atoms with Gasteiger partial charge >= 0.3 is 0 Å². The van der Waals surface area contributed by atoms with Crippen LogP contribution in [0.3, 0.4) is 0 Å². The Labute approximate surface area is 115 Å². The van der Waals surface area contributed by atoms with Gasteiger partial charge in [-0.1, -0.05) is 18.2 Å². The van der Waals surface area contributed by atoms with Gasteiger partial charge in [-0.05, 0) is 35.4 Å². The summed E-state index contributed by atoms with van der Waals surface area (Å²) in [6.45, 7) is 0. The summed E-state index contributed by atoms with van der Waals surface area (Å²) in [6, 6.07) is 11.0. The van der Waals surface area contributed by atoms with E-state index in [4.69, 9.17) is 11.5 Å². The molecule has 0 aliphatic rings. The quantitative estimate of drug-likeness (QED) is 0.451. The van der Waals surface area contributed by atoms with Crippen LogP contribution in [0.5, 0.6) is 5.75 Å². The minimum atomic E-state index is -0.304. The van der Waals surface area contributed by atoms with Crippen LogP contribution < -0.4 is 11.5 Å². The van der Waals surface area contributed by atoms with E-state index in [1.807, 2.05) is 0 Å². The zero-order valence-electron chi connectivity index (χ0n) is 10.5. The van der Waals surface area contributed by atoms with Crippen molar-refractivity contribution in [2.24, 2.45) is 21.7 Å². The van der Waals surface area contributed by atoms with Gasteiger partial charge in [0.05, 0.1) is 6.21 Å². The Balaban J connectivity index is 2.35. The predicted molar refractivity (Wildman–Crippen MR) is 76.9 cm³/mol. The molecule has 5 N–H and O–H groups in total. The van der Waals surface area contributed by atoms with Gasteiger partial charge in [0, 0.05) is 5.56 Å². The van der Waals surface area contributed by atoms with Gasteiger partial charge < -0.3 is 16.6 Å². The summed E-state index contributed by atoms with van der Waals surface area (Å²) >= 11 is 0. The second kappa shape index (κ2) is 5.83. The van der Waals surface area contributed by atoms with E-state index in [1.54, 1.807) is 24.3 Å². The highest BCUT2D eigenvalue weighted by atomic mass is 19.1. The van der Waals surface area contributed by atoms with E-state index in [0.29, 0.717) is 5.56 Å². The van der Waals surface area contributed by atoms with Crippen molar-refractivity contribution in [3.8, 4) is 16.9 Å². The molecule has 6 heteroatoms. The summed E-state index contributed by atoms with van der Waals surface area (Å²) in [6.07, 6.45) is 1.34. The number of guanidine groups is 1. The average molecular weight is 272 g/mol. The van der Waals surface area contributed by atoms with E-state index in [2.05, 4.69) is 10.2 Å². The average Bonchev–Trinajstić information content (AvgIpc) is 2.41. The normalized spacial score (nSPS) is 10.7. The molecule has 2 aromatic carbocycles. The lowest BCUT2D eigenvalue weighted by Crippen LogP contribution is -2.21. The molecule has 0 saturated carbocycles. The number of hydrogen-bond donors (Lipinski definition) is 3. The number of rotatable bonds is 3. The Bertz CT molecular complexity index is 661. The van der Waals surface area contributed by atoms with Crippen molar-refractivity contribution in [3.05, 3.63) is 53.8 Å². The number of halogens is 1. The van der Waals surface area contributed by atoms with E-state index >= 15 is 0 Å². The lowest BCUT2D eigenvalue weighted by atomic mass is 10.0. The molecule has 0 radical (unpaired) electrons. The number of nitrogens with zero attached hydrogens (tertiary/aromatic N) is 2. The highest BCUT2D eigenvalue weighted by molar-refractivity contribution is 5.86. The fourth-order valence-corrected chi connectivity index (χ4v) is 1.64. The first kappa shape index (κ1) is 13.5. The molecular weight excluding hydrogens is 259 g/mol. The molecule has 0 aliphatic heterocycles. The molecule has 20 heavy (non-hydrogen) atoms. The van der Waals surface area contributed by atoms with E-state index in [-0.39, 0.29) is 17.5 Å². The maximum atomic E-state index is 12.9. The summed E-state index contributed by atoms with van der Waals surface area (Å²) in [5, 5.41) is 16.8. The monoisotopic (exact) mass is 272 g/mol. The molecule has 0 aliphatic carbocycles. The summed E-state index contributed by atoms with van der Waals surface area (Å²) in [7, 11) is 0. The van der Waals surface area contributed by atoms with E-state index in [1.165, 1.54) is 24.4 Å². The molecule has 0 atom stereocenters. The Morgan fingerprint density at radius 1 is 1.05 bits per heavy atom. The van der Waals surface area contributed by atoms with Crippen molar-refractivity contribution in [2.75, 3.05) is 0 Å². The molecule has 2 rings (SSSR count). The van der Waals surface area contributed by atoms with E-state index in [0.717, 1.165) is 11.1 Å². The lowest BCUT2D eigenvalue weighted by molar-refractivity contribution is 0.474. The SMILES string of the molecule is NC(N)=NN=Cc1cc(-c2ccc(F)cc2)ccc1O. The molecule has 2 aromatic rings. The highest BCUT2D eigenvalue weighted by Gasteiger charge is 2.03. The van der Waals surface area contributed by atoms with Crippen molar-refractivity contribution < 1.29 is 9.50 Å². The third-order valence-electron chi connectivity index (χ3n) is 2.58. The van der Waals surface area contributed by atoms with Gasteiger partial charge in [-0.25, -0.2) is 4.39 Å². The zero-order chi connectivity index (χ0) is 14.5. The van der Waals surface area contributed by atoms with Crippen molar-refractivity contribution in [1.29, 1.82) is 0 Å². The molecule has 0 unspecified atom stereocenters. The largest absolute Gasteiger partial charge is 0.507 e. The van der Waals surface area contributed by atoms with Gasteiger partial charge in [-0.15, -0.1) is 5.10 Å². The second-order valence-corrected chi connectivity index (χ2v) is 4.05. The van der Waals surface area contributed by atoms with Crippen LogP contribution in [0.4, 0.5) is 4.39 Å². The minimum absolute atomic E-state index is 0.0467. The first-order valence-electron chi connectivity index (χ1n) is 5.77. The van der Waals surface area contributed by atoms with Crippen molar-refractivity contribution in [3.63, 3.8) is 0 Å². The molecule has 0 fully saturated rings. The molecule has 0 amide bonds. The molecule has 0 aromatic heterocycles. The van der Waals surface area contributed by atoms with Crippen LogP contribution in [0.1, 0.15) is 5.56 Å². The summed E-state index contributed by atoms with van der Waals surface area (Å²) < 4.78 is 12.9. The van der Waals surface area contributed by atoms with E-state index < -0.39 is 0 Å². The molecule has 102 valence electrons. The number of phenols is 1. The van der Waals surface area contributed by atoms with E-state index in [9.17, 15) is 9.50 Å². The molecule has 0 heterocycles. The number of hydrogen-bond acceptors (Lipinski definition) is 3. The molecule has 0 saturated heterocycles. The third kappa shape index (κ3) is 3.32. The first-order valence-corrected chi connectivity index (χ1v) is 5.77. The number of aromatic hydroxyl groups is 1. The number of nitrogens with two attached hydrogens (primary N) is 2. The Hall–Kier alpha value is -2.89. The molecule has 0 spiro atoms. The zero-order valence-corrected chi connectivity index (χ0v) is 10.5. The van der Waals surface area contributed by atoms with Crippen LogP contribution in [0.25, 0.3) is 11.1 Å². The van der Waals surface area contributed by atoms with Crippen LogP contribution in [-0.4, -0.2) is 17.3 Å². The van der Waals surface area contributed by atoms with Crippen LogP contribution in [-0.2, 0) is 0 Å². The Morgan fingerprint density at radius 2 is 1.70 bits per heavy atom. The standard InChI is InChI=1S/C14H13FN4O/c15-12-4-1-9(2-5-12)10-3-6-13(20)11(7-10)8-18-19-14(16)17/h1-8,20H,(H4,16,17,19). The van der Waals surface area contributed by atoms with Crippen molar-refractivity contribution in [2.45, 2.75) is 0 Å². The number of benzene rings is 2. The lowest BCUT2D eigenvalue weighted by Gasteiger charge is -2.04. The van der Waals surface area contributed by atoms with Gasteiger partial charge in [0.1, 0.15) is 11.6 Å². The van der Waals surface area contributed by atoms with Crippen molar-refractivity contribution in [1.82, 2.24) is 0 Å². The van der Waals surface area contributed by atoms with Gasteiger partial charge in [0.2, 0.25) is 5.96 Å². The smallest absolute Gasteiger partial charge is 0.211 e. The third-order valence-corrected chi connectivity index (χ3v) is 2.58. The maximum Gasteiger partial charge on any atom is 0.211 e. The minimum Gasteiger partial charge on any atom is -0.507 e. The fraction of sp³-hybridized carbons (Fsp3) is 0. The Morgan fingerprint density at radius 3 is 2.35 bits per heavy atom. The Kier molecular flexibility index (Phi) is 3.95. The topological polar surface area (TPSA) is 97.0 Å². The summed E-state index contributed by atoms with van der Waals surface area (Å²) in [5.74, 6) is -0.428. The van der Waals surface area contributed by atoms with Gasteiger partial charge in [0.25, 0.3) is 0 Å². The maximum absolute atomic E-state index is 12.9. The summed E-state index contributed by atoms with van der Waals surface area (Å²) in [5.41, 5.74) is 12.4. The second-order valence-electron chi connectivity index (χ2n) is 4.05.